The van der Waals surface area contributed by atoms with Crippen LogP contribution >= 0.6 is 0 Å². The normalized spacial score (nSPS) is 11.8. The van der Waals surface area contributed by atoms with Gasteiger partial charge < -0.3 is 10.1 Å². The molecule has 0 aliphatic rings. The fraction of sp³-hybridized carbons (Fsp3) is 0.368. The summed E-state index contributed by atoms with van der Waals surface area (Å²) < 4.78 is 42.8. The summed E-state index contributed by atoms with van der Waals surface area (Å²) in [6.07, 6.45) is -1.45. The van der Waals surface area contributed by atoms with Crippen LogP contribution in [0.15, 0.2) is 30.6 Å². The Bertz CT molecular complexity index is 1010. The summed E-state index contributed by atoms with van der Waals surface area (Å²) in [6, 6.07) is 4.66. The maximum atomic E-state index is 12.7. The third kappa shape index (κ3) is 5.01. The number of aromatic nitrogens is 4. The van der Waals surface area contributed by atoms with Gasteiger partial charge in [0.2, 0.25) is 5.88 Å². The smallest absolute Gasteiger partial charge is 0.422 e. The molecule has 0 unspecified atom stereocenters. The fourth-order valence-electron chi connectivity index (χ4n) is 2.74. The van der Waals surface area contributed by atoms with Gasteiger partial charge in [-0.05, 0) is 32.4 Å². The second-order valence-corrected chi connectivity index (χ2v) is 6.82. The van der Waals surface area contributed by atoms with Crippen LogP contribution < -0.4 is 10.1 Å². The molecule has 0 spiro atoms. The number of hydrogen-bond acceptors (Lipinski definition) is 5. The van der Waals surface area contributed by atoms with Crippen LogP contribution in [-0.4, -0.2) is 38.4 Å². The van der Waals surface area contributed by atoms with Crippen LogP contribution in [0.3, 0.4) is 0 Å². The molecule has 10 heteroatoms. The molecular weight excluding hydrogens is 387 g/mol. The minimum Gasteiger partial charge on any atom is -0.468 e. The Balaban J connectivity index is 1.70. The maximum Gasteiger partial charge on any atom is 0.422 e. The summed E-state index contributed by atoms with van der Waals surface area (Å²) in [6.45, 7) is 4.51. The Morgan fingerprint density at radius 1 is 1.28 bits per heavy atom. The second kappa shape index (κ2) is 8.06. The van der Waals surface area contributed by atoms with E-state index in [0.29, 0.717) is 27.9 Å². The van der Waals surface area contributed by atoms with Gasteiger partial charge in [-0.15, -0.1) is 0 Å². The summed E-state index contributed by atoms with van der Waals surface area (Å²) in [4.78, 5) is 21.0. The average molecular weight is 407 g/mol. The van der Waals surface area contributed by atoms with Gasteiger partial charge in [0, 0.05) is 30.5 Å². The van der Waals surface area contributed by atoms with E-state index in [0.717, 1.165) is 0 Å². The molecule has 1 amide bonds. The zero-order valence-electron chi connectivity index (χ0n) is 16.1. The fourth-order valence-corrected chi connectivity index (χ4v) is 2.74. The summed E-state index contributed by atoms with van der Waals surface area (Å²) in [5.41, 5.74) is 2.41. The van der Waals surface area contributed by atoms with Crippen LogP contribution in [0.1, 0.15) is 41.5 Å². The highest BCUT2D eigenvalue weighted by atomic mass is 19.4. The van der Waals surface area contributed by atoms with Crippen LogP contribution in [0.2, 0.25) is 0 Å². The van der Waals surface area contributed by atoms with Gasteiger partial charge in [0.05, 0.1) is 17.1 Å². The number of hydrogen-bond donors (Lipinski definition) is 1. The van der Waals surface area contributed by atoms with Crippen LogP contribution in [0.5, 0.6) is 5.88 Å². The number of aryl methyl sites for hydroxylation is 1. The number of rotatable bonds is 6. The lowest BCUT2D eigenvalue weighted by molar-refractivity contribution is -0.154. The summed E-state index contributed by atoms with van der Waals surface area (Å²) in [7, 11) is 0. The molecule has 3 rings (SSSR count). The number of fused-ring (bicyclic) bond motifs is 1. The molecule has 3 aromatic rings. The molecule has 0 saturated carbocycles. The number of alkyl halides is 3. The van der Waals surface area contributed by atoms with E-state index < -0.39 is 12.8 Å². The van der Waals surface area contributed by atoms with Gasteiger partial charge in [0.15, 0.2) is 12.3 Å². The predicted molar refractivity (Wildman–Crippen MR) is 99.6 cm³/mol. The van der Waals surface area contributed by atoms with Crippen molar-refractivity contribution in [3.05, 3.63) is 47.4 Å². The van der Waals surface area contributed by atoms with Crippen molar-refractivity contribution in [1.29, 1.82) is 0 Å². The maximum absolute atomic E-state index is 12.7. The first kappa shape index (κ1) is 20.6. The van der Waals surface area contributed by atoms with E-state index in [4.69, 9.17) is 0 Å². The zero-order valence-corrected chi connectivity index (χ0v) is 16.1. The largest absolute Gasteiger partial charge is 0.468 e. The first-order valence-electron chi connectivity index (χ1n) is 8.91. The van der Waals surface area contributed by atoms with Crippen molar-refractivity contribution in [3.8, 4) is 5.88 Å². The Morgan fingerprint density at radius 3 is 2.66 bits per heavy atom. The lowest BCUT2D eigenvalue weighted by Gasteiger charge is -2.10. The predicted octanol–water partition coefficient (Wildman–Crippen LogP) is 3.59. The average Bonchev–Trinajstić information content (AvgIpc) is 3.08. The molecule has 0 atom stereocenters. The van der Waals surface area contributed by atoms with Gasteiger partial charge in [-0.2, -0.15) is 18.3 Å². The number of carbonyl (C=O) groups is 1. The van der Waals surface area contributed by atoms with E-state index in [-0.39, 0.29) is 24.4 Å². The SMILES string of the molecule is Cc1cc(C(=O)NCc2ccc(OCC(F)(F)F)nc2)c2cnn(C(C)C)c2n1. The van der Waals surface area contributed by atoms with E-state index in [1.807, 2.05) is 13.8 Å². The van der Waals surface area contributed by atoms with Crippen LogP contribution in [-0.2, 0) is 6.54 Å². The molecule has 0 aromatic carbocycles. The number of nitrogens with one attached hydrogen (secondary N) is 1. The minimum atomic E-state index is -4.42. The number of nitrogens with zero attached hydrogens (tertiary/aromatic N) is 4. The van der Waals surface area contributed by atoms with Gasteiger partial charge in [0.1, 0.15) is 0 Å². The van der Waals surface area contributed by atoms with E-state index in [1.54, 1.807) is 29.9 Å². The number of halogens is 3. The van der Waals surface area contributed by atoms with E-state index in [2.05, 4.69) is 25.1 Å². The standard InChI is InChI=1S/C19H20F3N5O2/c1-11(2)27-17-15(9-25-27)14(6-12(3)26-17)18(28)24-8-13-4-5-16(23-7-13)29-10-19(20,21)22/h4-7,9,11H,8,10H2,1-3H3,(H,24,28). The molecule has 0 radical (unpaired) electrons. The summed E-state index contributed by atoms with van der Waals surface area (Å²) in [5, 5.41) is 7.75. The van der Waals surface area contributed by atoms with E-state index in [1.165, 1.54) is 12.3 Å². The molecule has 0 saturated heterocycles. The van der Waals surface area contributed by atoms with Gasteiger partial charge in [-0.25, -0.2) is 14.6 Å². The van der Waals surface area contributed by atoms with Crippen molar-refractivity contribution in [3.63, 3.8) is 0 Å². The van der Waals surface area contributed by atoms with Gasteiger partial charge in [0.25, 0.3) is 5.91 Å². The van der Waals surface area contributed by atoms with Gasteiger partial charge in [-0.3, -0.25) is 4.79 Å². The minimum absolute atomic E-state index is 0.0989. The first-order valence-corrected chi connectivity index (χ1v) is 8.91. The highest BCUT2D eigenvalue weighted by Crippen LogP contribution is 2.21. The molecule has 0 aliphatic heterocycles. The Labute approximate surface area is 164 Å². The topological polar surface area (TPSA) is 81.9 Å². The van der Waals surface area contributed by atoms with Crippen molar-refractivity contribution in [2.45, 2.75) is 39.5 Å². The van der Waals surface area contributed by atoms with Gasteiger partial charge >= 0.3 is 6.18 Å². The van der Waals surface area contributed by atoms with E-state index >= 15 is 0 Å². The number of pyridine rings is 2. The molecule has 0 aliphatic carbocycles. The molecule has 1 N–H and O–H groups in total. The van der Waals surface area contributed by atoms with Crippen molar-refractivity contribution in [1.82, 2.24) is 25.1 Å². The third-order valence-corrected chi connectivity index (χ3v) is 4.06. The molecule has 3 aromatic heterocycles. The first-order chi connectivity index (χ1) is 13.6. The Hall–Kier alpha value is -3.17. The van der Waals surface area contributed by atoms with Crippen molar-refractivity contribution >= 4 is 16.9 Å². The highest BCUT2D eigenvalue weighted by molar-refractivity contribution is 6.05. The molecule has 29 heavy (non-hydrogen) atoms. The second-order valence-electron chi connectivity index (χ2n) is 6.82. The van der Waals surface area contributed by atoms with Crippen LogP contribution in [0.4, 0.5) is 13.2 Å². The third-order valence-electron chi connectivity index (χ3n) is 4.06. The number of amides is 1. The monoisotopic (exact) mass is 407 g/mol. The lowest BCUT2D eigenvalue weighted by Crippen LogP contribution is -2.23. The van der Waals surface area contributed by atoms with Crippen LogP contribution in [0, 0.1) is 6.92 Å². The summed E-state index contributed by atoms with van der Waals surface area (Å²) in [5.74, 6) is -0.439. The lowest BCUT2D eigenvalue weighted by atomic mass is 10.1. The van der Waals surface area contributed by atoms with E-state index in [9.17, 15) is 18.0 Å². The molecular formula is C19H20F3N5O2. The van der Waals surface area contributed by atoms with Crippen molar-refractivity contribution in [2.75, 3.05) is 6.61 Å². The molecule has 0 bridgehead atoms. The van der Waals surface area contributed by atoms with Crippen molar-refractivity contribution in [2.24, 2.45) is 0 Å². The highest BCUT2D eigenvalue weighted by Gasteiger charge is 2.28. The zero-order chi connectivity index (χ0) is 21.2. The number of carbonyl (C=O) groups excluding carboxylic acids is 1. The molecule has 154 valence electrons. The van der Waals surface area contributed by atoms with Crippen LogP contribution in [0.25, 0.3) is 11.0 Å². The molecule has 0 fully saturated rings. The quantitative estimate of drug-likeness (QED) is 0.675. The Morgan fingerprint density at radius 2 is 2.03 bits per heavy atom. The Kier molecular flexibility index (Phi) is 5.71. The van der Waals surface area contributed by atoms with Crippen molar-refractivity contribution < 1.29 is 22.7 Å². The molecule has 7 nitrogen and oxygen atoms in total. The number of ether oxygens (including phenoxy) is 1. The van der Waals surface area contributed by atoms with Gasteiger partial charge in [-0.1, -0.05) is 6.07 Å². The summed E-state index contributed by atoms with van der Waals surface area (Å²) >= 11 is 0. The molecule has 3 heterocycles.